The zero-order chi connectivity index (χ0) is 13.2. The summed E-state index contributed by atoms with van der Waals surface area (Å²) in [5, 5.41) is 9.32. The highest BCUT2D eigenvalue weighted by Gasteiger charge is 2.39. The Morgan fingerprint density at radius 2 is 1.59 bits per heavy atom. The Bertz CT molecular complexity index is 393. The van der Waals surface area contributed by atoms with Gasteiger partial charge >= 0.3 is 0 Å². The summed E-state index contributed by atoms with van der Waals surface area (Å²) in [6.07, 6.45) is 5.25. The average molecular weight is 258 g/mol. The third kappa shape index (κ3) is 3.43. The molecule has 98 valence electrons. The van der Waals surface area contributed by atoms with Crippen LogP contribution in [0.25, 0.3) is 0 Å². The Morgan fingerprint density at radius 1 is 1.12 bits per heavy atom. The Balaban J connectivity index is 2.94. The third-order valence-corrected chi connectivity index (χ3v) is 5.58. The van der Waals surface area contributed by atoms with Gasteiger partial charge in [0.05, 0.1) is 10.8 Å². The second-order valence-corrected chi connectivity index (χ2v) is 8.26. The molecule has 4 nitrogen and oxygen atoms in total. The normalized spacial score (nSPS) is 21.5. The molecule has 1 saturated carbocycles. The molecule has 1 rings (SSSR count). The molecule has 0 aromatic heterocycles. The number of sulfonamides is 1. The summed E-state index contributed by atoms with van der Waals surface area (Å²) >= 11 is 0. The molecular formula is C12H22N2O2S. The van der Waals surface area contributed by atoms with Crippen LogP contribution in [-0.4, -0.2) is 18.7 Å². The van der Waals surface area contributed by atoms with Crippen molar-refractivity contribution in [2.45, 2.75) is 69.6 Å². The van der Waals surface area contributed by atoms with Gasteiger partial charge in [-0.25, -0.2) is 8.42 Å². The summed E-state index contributed by atoms with van der Waals surface area (Å²) in [6, 6.07) is 2.20. The van der Waals surface area contributed by atoms with Crippen LogP contribution in [-0.2, 0) is 10.0 Å². The molecule has 0 bridgehead atoms. The van der Waals surface area contributed by atoms with Crippen molar-refractivity contribution in [3.63, 3.8) is 0 Å². The lowest BCUT2D eigenvalue weighted by molar-refractivity contribution is 0.414. The standard InChI is InChI=1S/C12H22N2O2S/c1-11(2,3)17(15,16)14-12(10-13)8-6-4-5-7-9-12/h14H,4-9H2,1-3H3. The minimum absolute atomic E-state index is 0.624. The van der Waals surface area contributed by atoms with Crippen molar-refractivity contribution < 1.29 is 8.42 Å². The molecule has 0 aromatic rings. The molecule has 0 amide bonds. The van der Waals surface area contributed by atoms with Crippen molar-refractivity contribution in [1.82, 2.24) is 4.72 Å². The summed E-state index contributed by atoms with van der Waals surface area (Å²) in [7, 11) is -3.46. The minimum atomic E-state index is -3.46. The fourth-order valence-corrected chi connectivity index (χ4v) is 3.05. The van der Waals surface area contributed by atoms with Gasteiger partial charge in [-0.1, -0.05) is 25.7 Å². The molecule has 0 radical (unpaired) electrons. The zero-order valence-corrected chi connectivity index (χ0v) is 11.7. The summed E-state index contributed by atoms with van der Waals surface area (Å²) < 4.78 is 26.0. The van der Waals surface area contributed by atoms with E-state index < -0.39 is 20.3 Å². The van der Waals surface area contributed by atoms with Crippen LogP contribution in [0.1, 0.15) is 59.3 Å². The average Bonchev–Trinajstić information content (AvgIpc) is 2.42. The maximum atomic E-state index is 12.1. The molecule has 0 spiro atoms. The lowest BCUT2D eigenvalue weighted by Gasteiger charge is -2.30. The van der Waals surface area contributed by atoms with Gasteiger partial charge < -0.3 is 0 Å². The molecule has 1 aliphatic rings. The molecule has 0 saturated heterocycles. The lowest BCUT2D eigenvalue weighted by Crippen LogP contribution is -2.52. The molecule has 1 aliphatic carbocycles. The first kappa shape index (κ1) is 14.5. The number of nitriles is 1. The van der Waals surface area contributed by atoms with Gasteiger partial charge in [-0.15, -0.1) is 0 Å². The molecule has 5 heteroatoms. The molecule has 1 fully saturated rings. The number of nitrogens with one attached hydrogen (secondary N) is 1. The van der Waals surface area contributed by atoms with E-state index in [9.17, 15) is 13.7 Å². The molecule has 0 aliphatic heterocycles. The molecule has 0 aromatic carbocycles. The van der Waals surface area contributed by atoms with E-state index in [0.29, 0.717) is 12.8 Å². The maximum Gasteiger partial charge on any atom is 0.217 e. The van der Waals surface area contributed by atoms with Gasteiger partial charge in [0.2, 0.25) is 10.0 Å². The van der Waals surface area contributed by atoms with E-state index in [4.69, 9.17) is 0 Å². The van der Waals surface area contributed by atoms with Crippen LogP contribution in [0.5, 0.6) is 0 Å². The Labute approximate surface area is 104 Å². The first-order valence-electron chi connectivity index (χ1n) is 6.17. The van der Waals surface area contributed by atoms with Crippen molar-refractivity contribution in [2.24, 2.45) is 0 Å². The lowest BCUT2D eigenvalue weighted by atomic mass is 9.94. The quantitative estimate of drug-likeness (QED) is 0.773. The van der Waals surface area contributed by atoms with Crippen molar-refractivity contribution in [3.8, 4) is 6.07 Å². The summed E-state index contributed by atoms with van der Waals surface area (Å²) in [5.74, 6) is 0. The summed E-state index contributed by atoms with van der Waals surface area (Å²) in [6.45, 7) is 4.95. The predicted molar refractivity (Wildman–Crippen MR) is 67.9 cm³/mol. The Hall–Kier alpha value is -0.600. The second-order valence-electron chi connectivity index (χ2n) is 5.83. The number of hydrogen-bond acceptors (Lipinski definition) is 3. The van der Waals surface area contributed by atoms with Gasteiger partial charge in [-0.3, -0.25) is 0 Å². The molecule has 17 heavy (non-hydrogen) atoms. The summed E-state index contributed by atoms with van der Waals surface area (Å²) in [4.78, 5) is 0. The van der Waals surface area contributed by atoms with Crippen LogP contribution in [0.4, 0.5) is 0 Å². The SMILES string of the molecule is CC(C)(C)S(=O)(=O)NC1(C#N)CCCCCC1. The first-order chi connectivity index (χ1) is 7.72. The van der Waals surface area contributed by atoms with Crippen molar-refractivity contribution in [1.29, 1.82) is 5.26 Å². The van der Waals surface area contributed by atoms with Gasteiger partial charge in [-0.2, -0.15) is 9.98 Å². The number of hydrogen-bond donors (Lipinski definition) is 1. The van der Waals surface area contributed by atoms with Crippen molar-refractivity contribution in [2.75, 3.05) is 0 Å². The molecule has 0 unspecified atom stereocenters. The smallest absolute Gasteiger partial charge is 0.212 e. The van der Waals surface area contributed by atoms with E-state index in [1.807, 2.05) is 0 Å². The highest BCUT2D eigenvalue weighted by molar-refractivity contribution is 7.90. The van der Waals surface area contributed by atoms with Crippen LogP contribution in [0.2, 0.25) is 0 Å². The van der Waals surface area contributed by atoms with E-state index in [1.54, 1.807) is 20.8 Å². The number of nitrogens with zero attached hydrogens (tertiary/aromatic N) is 1. The highest BCUT2D eigenvalue weighted by Crippen LogP contribution is 2.29. The van der Waals surface area contributed by atoms with Gasteiger partial charge in [0, 0.05) is 0 Å². The van der Waals surface area contributed by atoms with Gasteiger partial charge in [0.15, 0.2) is 0 Å². The highest BCUT2D eigenvalue weighted by atomic mass is 32.2. The van der Waals surface area contributed by atoms with Crippen molar-refractivity contribution >= 4 is 10.0 Å². The van der Waals surface area contributed by atoms with E-state index in [2.05, 4.69) is 10.8 Å². The van der Waals surface area contributed by atoms with Crippen molar-refractivity contribution in [3.05, 3.63) is 0 Å². The fraction of sp³-hybridized carbons (Fsp3) is 0.917. The van der Waals surface area contributed by atoms with Crippen LogP contribution < -0.4 is 4.72 Å². The largest absolute Gasteiger partial charge is 0.217 e. The Morgan fingerprint density at radius 3 is 1.94 bits per heavy atom. The molecule has 1 N–H and O–H groups in total. The predicted octanol–water partition coefficient (Wildman–Crippen LogP) is 2.32. The molecule has 0 heterocycles. The van der Waals surface area contributed by atoms with Crippen LogP contribution >= 0.6 is 0 Å². The van der Waals surface area contributed by atoms with E-state index in [0.717, 1.165) is 25.7 Å². The van der Waals surface area contributed by atoms with Crippen LogP contribution in [0.3, 0.4) is 0 Å². The van der Waals surface area contributed by atoms with E-state index in [-0.39, 0.29) is 0 Å². The van der Waals surface area contributed by atoms with Gasteiger partial charge in [0.25, 0.3) is 0 Å². The maximum absolute atomic E-state index is 12.1. The minimum Gasteiger partial charge on any atom is -0.212 e. The second kappa shape index (κ2) is 4.95. The van der Waals surface area contributed by atoms with E-state index in [1.165, 1.54) is 0 Å². The number of rotatable bonds is 2. The van der Waals surface area contributed by atoms with Gasteiger partial charge in [0.1, 0.15) is 5.54 Å². The third-order valence-electron chi connectivity index (χ3n) is 3.31. The monoisotopic (exact) mass is 258 g/mol. The zero-order valence-electron chi connectivity index (χ0n) is 10.9. The van der Waals surface area contributed by atoms with Gasteiger partial charge in [-0.05, 0) is 33.6 Å². The Kier molecular flexibility index (Phi) is 4.21. The van der Waals surface area contributed by atoms with Crippen LogP contribution in [0, 0.1) is 11.3 Å². The van der Waals surface area contributed by atoms with Crippen LogP contribution in [0.15, 0.2) is 0 Å². The van der Waals surface area contributed by atoms with E-state index >= 15 is 0 Å². The topological polar surface area (TPSA) is 70.0 Å². The fourth-order valence-electron chi connectivity index (χ4n) is 1.98. The molecular weight excluding hydrogens is 236 g/mol. The molecule has 0 atom stereocenters. The summed E-state index contributed by atoms with van der Waals surface area (Å²) in [5.41, 5.74) is -0.886. The first-order valence-corrected chi connectivity index (χ1v) is 7.66.